The van der Waals surface area contributed by atoms with E-state index in [9.17, 15) is 13.2 Å². The summed E-state index contributed by atoms with van der Waals surface area (Å²) in [6, 6.07) is 6.59. The van der Waals surface area contributed by atoms with Crippen LogP contribution in [0.5, 0.6) is 0 Å². The van der Waals surface area contributed by atoms with E-state index < -0.39 is 10.0 Å². The fourth-order valence-corrected chi connectivity index (χ4v) is 4.26. The zero-order chi connectivity index (χ0) is 19.5. The average molecular weight is 434 g/mol. The maximum Gasteiger partial charge on any atom is 0.251 e. The molecule has 0 radical (unpaired) electrons. The Bertz CT molecular complexity index is 692. The number of methoxy groups -OCH3 is 1. The van der Waals surface area contributed by atoms with Gasteiger partial charge in [-0.2, -0.15) is 0 Å². The monoisotopic (exact) mass is 433 g/mol. The summed E-state index contributed by atoms with van der Waals surface area (Å²) < 4.78 is 31.8. The van der Waals surface area contributed by atoms with Crippen LogP contribution in [0.1, 0.15) is 48.9 Å². The number of carbonyl (C=O) groups is 1. The van der Waals surface area contributed by atoms with Crippen LogP contribution in [0.2, 0.25) is 0 Å². The summed E-state index contributed by atoms with van der Waals surface area (Å²) in [5.41, 5.74) is 0.332. The first-order valence-electron chi connectivity index (χ1n) is 9.63. The third-order valence-corrected chi connectivity index (χ3v) is 6.16. The van der Waals surface area contributed by atoms with Gasteiger partial charge in [-0.05, 0) is 31.0 Å². The molecule has 1 fully saturated rings. The first-order valence-corrected chi connectivity index (χ1v) is 11.1. The van der Waals surface area contributed by atoms with Gasteiger partial charge >= 0.3 is 0 Å². The van der Waals surface area contributed by atoms with Gasteiger partial charge in [0.05, 0.1) is 11.5 Å². The number of hydrogen-bond donors (Lipinski definition) is 3. The predicted molar refractivity (Wildman–Crippen MR) is 113 cm³/mol. The number of hydrogen-bond acceptors (Lipinski definition) is 5. The minimum Gasteiger partial charge on any atom is -0.383 e. The highest BCUT2D eigenvalue weighted by atomic mass is 35.5. The number of nitrogens with one attached hydrogen (secondary N) is 3. The van der Waals surface area contributed by atoms with E-state index in [1.807, 2.05) is 0 Å². The molecule has 1 amide bonds. The summed E-state index contributed by atoms with van der Waals surface area (Å²) in [4.78, 5) is 12.4. The van der Waals surface area contributed by atoms with Crippen molar-refractivity contribution in [3.05, 3.63) is 29.8 Å². The number of benzene rings is 1. The van der Waals surface area contributed by atoms with Crippen LogP contribution in [0.15, 0.2) is 29.2 Å². The fourth-order valence-electron chi connectivity index (χ4n) is 3.20. The Hall–Kier alpha value is -1.19. The molecule has 1 aromatic rings. The Morgan fingerprint density at radius 1 is 1.11 bits per heavy atom. The summed E-state index contributed by atoms with van der Waals surface area (Å²) in [5, 5.41) is 6.35. The molecule has 9 heteroatoms. The van der Waals surface area contributed by atoms with Gasteiger partial charge in [-0.25, -0.2) is 13.1 Å². The molecule has 3 N–H and O–H groups in total. The van der Waals surface area contributed by atoms with Gasteiger partial charge in [0, 0.05) is 38.3 Å². The summed E-state index contributed by atoms with van der Waals surface area (Å²) in [6.45, 7) is 1.70. The maximum atomic E-state index is 12.3. The van der Waals surface area contributed by atoms with Crippen molar-refractivity contribution in [1.29, 1.82) is 0 Å². The smallest absolute Gasteiger partial charge is 0.251 e. The highest BCUT2D eigenvalue weighted by Crippen LogP contribution is 2.17. The predicted octanol–water partition coefficient (Wildman–Crippen LogP) is 2.08. The molecule has 1 saturated carbocycles. The second-order valence-corrected chi connectivity index (χ2v) is 8.58. The first-order chi connectivity index (χ1) is 13.0. The van der Waals surface area contributed by atoms with E-state index in [2.05, 4.69) is 15.4 Å². The zero-order valence-electron chi connectivity index (χ0n) is 16.4. The number of amides is 1. The van der Waals surface area contributed by atoms with E-state index >= 15 is 0 Å². The summed E-state index contributed by atoms with van der Waals surface area (Å²) >= 11 is 0. The average Bonchev–Trinajstić information content (AvgIpc) is 2.94. The fraction of sp³-hybridized carbons (Fsp3) is 0.632. The van der Waals surface area contributed by atoms with Crippen LogP contribution < -0.4 is 15.4 Å². The molecule has 0 atom stereocenters. The van der Waals surface area contributed by atoms with E-state index in [0.717, 1.165) is 0 Å². The number of rotatable bonds is 10. The van der Waals surface area contributed by atoms with Gasteiger partial charge in [-0.1, -0.05) is 31.7 Å². The van der Waals surface area contributed by atoms with Gasteiger partial charge in [0.15, 0.2) is 0 Å². The number of carbonyl (C=O) groups excluding carboxylic acids is 1. The quantitative estimate of drug-likeness (QED) is 0.387. The van der Waals surface area contributed by atoms with Crippen LogP contribution >= 0.6 is 12.4 Å². The molecular formula is C19H32ClN3O4S. The molecule has 0 aromatic heterocycles. The van der Waals surface area contributed by atoms with Crippen molar-refractivity contribution in [2.24, 2.45) is 0 Å². The number of halogens is 1. The third-order valence-electron chi connectivity index (χ3n) is 4.70. The van der Waals surface area contributed by atoms with Crippen molar-refractivity contribution < 1.29 is 17.9 Å². The van der Waals surface area contributed by atoms with E-state index in [1.165, 1.54) is 57.8 Å². The van der Waals surface area contributed by atoms with Crippen molar-refractivity contribution in [2.45, 2.75) is 49.5 Å². The van der Waals surface area contributed by atoms with E-state index in [1.54, 1.807) is 12.1 Å². The maximum absolute atomic E-state index is 12.3. The van der Waals surface area contributed by atoms with Crippen molar-refractivity contribution in [3.8, 4) is 0 Å². The normalized spacial score (nSPS) is 15.5. The highest BCUT2D eigenvalue weighted by molar-refractivity contribution is 7.89. The number of sulfonamides is 1. The van der Waals surface area contributed by atoms with Crippen LogP contribution in [0.25, 0.3) is 0 Å². The largest absolute Gasteiger partial charge is 0.383 e. The molecule has 0 bridgehead atoms. The topological polar surface area (TPSA) is 96.5 Å². The Kier molecular flexibility index (Phi) is 11.6. The molecule has 7 nitrogen and oxygen atoms in total. The molecule has 0 heterocycles. The molecule has 160 valence electrons. The molecule has 1 aromatic carbocycles. The van der Waals surface area contributed by atoms with Gasteiger partial charge in [0.1, 0.15) is 0 Å². The molecular weight excluding hydrogens is 402 g/mol. The lowest BCUT2D eigenvalue weighted by Crippen LogP contribution is -2.37. The Labute approximate surface area is 174 Å². The lowest BCUT2D eigenvalue weighted by molar-refractivity contribution is 0.0953. The summed E-state index contributed by atoms with van der Waals surface area (Å²) in [5.74, 6) is -0.272. The van der Waals surface area contributed by atoms with Crippen LogP contribution in [-0.4, -0.2) is 53.7 Å². The Balaban J connectivity index is 0.00000392. The third kappa shape index (κ3) is 8.45. The van der Waals surface area contributed by atoms with Gasteiger partial charge < -0.3 is 15.4 Å². The minimum absolute atomic E-state index is 0. The van der Waals surface area contributed by atoms with Gasteiger partial charge in [0.25, 0.3) is 5.91 Å². The van der Waals surface area contributed by atoms with Crippen LogP contribution in [0, 0.1) is 0 Å². The first kappa shape index (κ1) is 24.8. The number of ether oxygens (including phenoxy) is 1. The van der Waals surface area contributed by atoms with E-state index in [0.29, 0.717) is 24.7 Å². The Morgan fingerprint density at radius 3 is 2.50 bits per heavy atom. The van der Waals surface area contributed by atoms with Crippen LogP contribution in [0.4, 0.5) is 0 Å². The van der Waals surface area contributed by atoms with Gasteiger partial charge in [-0.3, -0.25) is 4.79 Å². The second-order valence-electron chi connectivity index (χ2n) is 6.82. The van der Waals surface area contributed by atoms with Crippen molar-refractivity contribution in [3.63, 3.8) is 0 Å². The van der Waals surface area contributed by atoms with Crippen molar-refractivity contribution in [1.82, 2.24) is 15.4 Å². The van der Waals surface area contributed by atoms with Crippen LogP contribution in [-0.2, 0) is 14.8 Å². The van der Waals surface area contributed by atoms with Crippen molar-refractivity contribution >= 4 is 28.3 Å². The summed E-state index contributed by atoms with van der Waals surface area (Å²) in [7, 11) is -2.15. The molecule has 1 aliphatic rings. The second kappa shape index (κ2) is 13.1. The standard InChI is InChI=1S/C19H31N3O4S.ClH/c1-26-14-13-22-27(24,25)18-10-6-7-16(15-18)19(23)21-12-11-20-17-8-4-2-3-5-9-17;/h6-7,10,15,17,20,22H,2-5,8-9,11-14H2,1H3,(H,21,23);1H. The SMILES string of the molecule is COCCNS(=O)(=O)c1cccc(C(=O)NCCNC2CCCCCC2)c1.Cl. The summed E-state index contributed by atoms with van der Waals surface area (Å²) in [6.07, 6.45) is 7.56. The molecule has 28 heavy (non-hydrogen) atoms. The highest BCUT2D eigenvalue weighted by Gasteiger charge is 2.16. The molecule has 0 saturated heterocycles. The molecule has 0 spiro atoms. The van der Waals surface area contributed by atoms with E-state index in [4.69, 9.17) is 4.74 Å². The van der Waals surface area contributed by atoms with Crippen LogP contribution in [0.3, 0.4) is 0 Å². The lowest BCUT2D eigenvalue weighted by atomic mass is 10.1. The minimum atomic E-state index is -3.65. The molecule has 0 aliphatic heterocycles. The van der Waals surface area contributed by atoms with Gasteiger partial charge in [-0.15, -0.1) is 12.4 Å². The van der Waals surface area contributed by atoms with E-state index in [-0.39, 0.29) is 36.4 Å². The lowest BCUT2D eigenvalue weighted by Gasteiger charge is -2.16. The zero-order valence-corrected chi connectivity index (χ0v) is 18.0. The van der Waals surface area contributed by atoms with Crippen molar-refractivity contribution in [2.75, 3.05) is 33.4 Å². The van der Waals surface area contributed by atoms with Gasteiger partial charge in [0.2, 0.25) is 10.0 Å². The molecule has 2 rings (SSSR count). The molecule has 1 aliphatic carbocycles. The Morgan fingerprint density at radius 2 is 1.82 bits per heavy atom. The molecule has 0 unspecified atom stereocenters.